The van der Waals surface area contributed by atoms with Crippen molar-refractivity contribution in [3.05, 3.63) is 0 Å². The summed E-state index contributed by atoms with van der Waals surface area (Å²) in [6.07, 6.45) is 6.67. The standard InChI is InChI=1S/C18H32O4/c1-12-5-6-14(10-17(12)21-4)11-22-18(19)15-7-8-16(20-3)13(2)9-15/h12-17H,5-11H2,1-4H3. The van der Waals surface area contributed by atoms with Gasteiger partial charge < -0.3 is 14.2 Å². The maximum atomic E-state index is 12.3. The van der Waals surface area contributed by atoms with Crippen molar-refractivity contribution in [2.75, 3.05) is 20.8 Å². The minimum absolute atomic E-state index is 0.00556. The first kappa shape index (κ1) is 17.7. The predicted octanol–water partition coefficient (Wildman–Crippen LogP) is 3.43. The normalized spacial score (nSPS) is 39.5. The van der Waals surface area contributed by atoms with Gasteiger partial charge in [0.25, 0.3) is 0 Å². The Kier molecular flexibility index (Phi) is 6.69. The number of methoxy groups -OCH3 is 2. The highest BCUT2D eigenvalue weighted by molar-refractivity contribution is 5.72. The van der Waals surface area contributed by atoms with Crippen LogP contribution < -0.4 is 0 Å². The van der Waals surface area contributed by atoms with Crippen molar-refractivity contribution in [2.45, 2.75) is 64.6 Å². The molecule has 0 radical (unpaired) electrons. The Labute approximate surface area is 134 Å². The molecule has 0 spiro atoms. The fourth-order valence-electron chi connectivity index (χ4n) is 4.09. The smallest absolute Gasteiger partial charge is 0.308 e. The fourth-order valence-corrected chi connectivity index (χ4v) is 4.09. The van der Waals surface area contributed by atoms with Crippen LogP contribution in [0.2, 0.25) is 0 Å². The van der Waals surface area contributed by atoms with Gasteiger partial charge in [-0.2, -0.15) is 0 Å². The second kappa shape index (κ2) is 8.30. The van der Waals surface area contributed by atoms with E-state index in [-0.39, 0.29) is 11.9 Å². The molecule has 0 aromatic carbocycles. The first-order valence-corrected chi connectivity index (χ1v) is 8.77. The number of esters is 1. The minimum atomic E-state index is -0.00556. The summed E-state index contributed by atoms with van der Waals surface area (Å²) in [6.45, 7) is 4.97. The molecule has 4 nitrogen and oxygen atoms in total. The van der Waals surface area contributed by atoms with Crippen LogP contribution in [0.25, 0.3) is 0 Å². The zero-order valence-corrected chi connectivity index (χ0v) is 14.5. The number of ether oxygens (including phenoxy) is 3. The van der Waals surface area contributed by atoms with Crippen LogP contribution in [0.5, 0.6) is 0 Å². The second-order valence-electron chi connectivity index (χ2n) is 7.32. The molecule has 6 atom stereocenters. The van der Waals surface area contributed by atoms with E-state index in [9.17, 15) is 4.79 Å². The molecule has 2 rings (SSSR count). The maximum Gasteiger partial charge on any atom is 0.308 e. The molecule has 128 valence electrons. The molecule has 0 saturated heterocycles. The molecule has 4 heteroatoms. The molecule has 2 aliphatic rings. The van der Waals surface area contributed by atoms with E-state index in [2.05, 4.69) is 13.8 Å². The van der Waals surface area contributed by atoms with Crippen molar-refractivity contribution in [3.8, 4) is 0 Å². The average molecular weight is 312 g/mol. The van der Waals surface area contributed by atoms with Gasteiger partial charge in [-0.05, 0) is 56.3 Å². The molecule has 2 saturated carbocycles. The molecule has 0 N–H and O–H groups in total. The largest absolute Gasteiger partial charge is 0.465 e. The Bertz CT molecular complexity index is 357. The van der Waals surface area contributed by atoms with Crippen LogP contribution in [0.1, 0.15) is 52.4 Å². The van der Waals surface area contributed by atoms with E-state index >= 15 is 0 Å². The molecule has 6 unspecified atom stereocenters. The van der Waals surface area contributed by atoms with Crippen LogP contribution in [0.4, 0.5) is 0 Å². The zero-order chi connectivity index (χ0) is 16.1. The van der Waals surface area contributed by atoms with Crippen LogP contribution >= 0.6 is 0 Å². The molecule has 0 aromatic heterocycles. The fraction of sp³-hybridized carbons (Fsp3) is 0.944. The van der Waals surface area contributed by atoms with E-state index in [0.717, 1.165) is 38.5 Å². The zero-order valence-electron chi connectivity index (χ0n) is 14.5. The molecule has 2 fully saturated rings. The quantitative estimate of drug-likeness (QED) is 0.730. The Morgan fingerprint density at radius 2 is 1.64 bits per heavy atom. The maximum absolute atomic E-state index is 12.3. The third-order valence-electron chi connectivity index (χ3n) is 5.72. The lowest BCUT2D eigenvalue weighted by Gasteiger charge is -2.34. The summed E-state index contributed by atoms with van der Waals surface area (Å²) in [7, 11) is 3.54. The minimum Gasteiger partial charge on any atom is -0.465 e. The molecule has 22 heavy (non-hydrogen) atoms. The van der Waals surface area contributed by atoms with Crippen molar-refractivity contribution < 1.29 is 19.0 Å². The molecular formula is C18H32O4. The Balaban J connectivity index is 1.74. The van der Waals surface area contributed by atoms with Gasteiger partial charge in [0.15, 0.2) is 0 Å². The Morgan fingerprint density at radius 3 is 2.27 bits per heavy atom. The summed E-state index contributed by atoms with van der Waals surface area (Å²) in [5.74, 6) is 1.56. The monoisotopic (exact) mass is 312 g/mol. The number of hydrogen-bond donors (Lipinski definition) is 0. The van der Waals surface area contributed by atoms with Crippen LogP contribution in [-0.4, -0.2) is 39.0 Å². The van der Waals surface area contributed by atoms with E-state index in [1.54, 1.807) is 14.2 Å². The molecule has 0 amide bonds. The predicted molar refractivity (Wildman–Crippen MR) is 85.6 cm³/mol. The van der Waals surface area contributed by atoms with Crippen molar-refractivity contribution in [3.63, 3.8) is 0 Å². The summed E-state index contributed by atoms with van der Waals surface area (Å²) in [4.78, 5) is 12.3. The van der Waals surface area contributed by atoms with E-state index in [1.807, 2.05) is 0 Å². The molecule has 0 bridgehead atoms. The van der Waals surface area contributed by atoms with Gasteiger partial charge in [-0.15, -0.1) is 0 Å². The summed E-state index contributed by atoms with van der Waals surface area (Å²) < 4.78 is 16.6. The van der Waals surface area contributed by atoms with Crippen LogP contribution in [-0.2, 0) is 19.0 Å². The lowest BCUT2D eigenvalue weighted by atomic mass is 9.80. The highest BCUT2D eigenvalue weighted by Gasteiger charge is 2.33. The number of carbonyl (C=O) groups is 1. The van der Waals surface area contributed by atoms with Crippen LogP contribution in [0.15, 0.2) is 0 Å². The van der Waals surface area contributed by atoms with Gasteiger partial charge in [-0.1, -0.05) is 13.8 Å². The van der Waals surface area contributed by atoms with E-state index in [1.165, 1.54) is 0 Å². The number of hydrogen-bond acceptors (Lipinski definition) is 4. The lowest BCUT2D eigenvalue weighted by molar-refractivity contribution is -0.154. The van der Waals surface area contributed by atoms with E-state index in [0.29, 0.717) is 36.6 Å². The summed E-state index contributed by atoms with van der Waals surface area (Å²) in [5.41, 5.74) is 0. The number of carbonyl (C=O) groups excluding carboxylic acids is 1. The van der Waals surface area contributed by atoms with Crippen molar-refractivity contribution in [1.82, 2.24) is 0 Å². The topological polar surface area (TPSA) is 44.8 Å². The second-order valence-corrected chi connectivity index (χ2v) is 7.32. The highest BCUT2D eigenvalue weighted by atomic mass is 16.5. The Morgan fingerprint density at radius 1 is 0.909 bits per heavy atom. The Hall–Kier alpha value is -0.610. The summed E-state index contributed by atoms with van der Waals surface area (Å²) in [6, 6.07) is 0. The molecule has 0 aliphatic heterocycles. The third-order valence-corrected chi connectivity index (χ3v) is 5.72. The van der Waals surface area contributed by atoms with E-state index in [4.69, 9.17) is 14.2 Å². The van der Waals surface area contributed by atoms with Gasteiger partial charge in [0.2, 0.25) is 0 Å². The third kappa shape index (κ3) is 4.45. The van der Waals surface area contributed by atoms with E-state index < -0.39 is 0 Å². The summed E-state index contributed by atoms with van der Waals surface area (Å²) >= 11 is 0. The SMILES string of the molecule is COC1CCC(C(=O)OCC2CCC(C)C(OC)C2)CC1C. The van der Waals surface area contributed by atoms with Gasteiger partial charge in [-0.3, -0.25) is 4.79 Å². The molecular weight excluding hydrogens is 280 g/mol. The molecule has 2 aliphatic carbocycles. The average Bonchev–Trinajstić information content (AvgIpc) is 2.53. The van der Waals surface area contributed by atoms with Crippen molar-refractivity contribution >= 4 is 5.97 Å². The highest BCUT2D eigenvalue weighted by Crippen LogP contribution is 2.33. The number of rotatable bonds is 5. The first-order chi connectivity index (χ1) is 10.5. The van der Waals surface area contributed by atoms with Gasteiger partial charge in [0.05, 0.1) is 24.7 Å². The first-order valence-electron chi connectivity index (χ1n) is 8.77. The molecule has 0 heterocycles. The van der Waals surface area contributed by atoms with Crippen LogP contribution in [0.3, 0.4) is 0 Å². The molecule has 0 aromatic rings. The lowest BCUT2D eigenvalue weighted by Crippen LogP contribution is -2.35. The van der Waals surface area contributed by atoms with Crippen molar-refractivity contribution in [2.24, 2.45) is 23.7 Å². The summed E-state index contributed by atoms with van der Waals surface area (Å²) in [5, 5.41) is 0. The van der Waals surface area contributed by atoms with Gasteiger partial charge >= 0.3 is 5.97 Å². The van der Waals surface area contributed by atoms with Crippen molar-refractivity contribution in [1.29, 1.82) is 0 Å². The van der Waals surface area contributed by atoms with Gasteiger partial charge in [0.1, 0.15) is 0 Å². The van der Waals surface area contributed by atoms with Crippen LogP contribution in [0, 0.1) is 23.7 Å². The van der Waals surface area contributed by atoms with Gasteiger partial charge in [0, 0.05) is 14.2 Å². The van der Waals surface area contributed by atoms with Gasteiger partial charge in [-0.25, -0.2) is 0 Å².